The lowest BCUT2D eigenvalue weighted by Crippen LogP contribution is -2.08. The molecule has 0 unspecified atom stereocenters. The Morgan fingerprint density at radius 2 is 1.41 bits per heavy atom. The number of aryl methyl sites for hydroxylation is 2. The molecule has 1 aliphatic rings. The topological polar surface area (TPSA) is 58.9 Å². The summed E-state index contributed by atoms with van der Waals surface area (Å²) in [5.41, 5.74) is 5.86. The Labute approximate surface area is 161 Å². The van der Waals surface area contributed by atoms with E-state index in [1.54, 1.807) is 24.3 Å². The first-order chi connectivity index (χ1) is 13.3. The van der Waals surface area contributed by atoms with E-state index < -0.39 is 5.12 Å². The maximum atomic E-state index is 11.5. The molecule has 0 spiro atoms. The summed E-state index contributed by atoms with van der Waals surface area (Å²) in [6, 6.07) is 23.1. The third-order valence-corrected chi connectivity index (χ3v) is 5.03. The second-order valence-electron chi connectivity index (χ2n) is 6.25. The molecule has 0 fully saturated rings. The van der Waals surface area contributed by atoms with Gasteiger partial charge in [0.05, 0.1) is 12.0 Å². The van der Waals surface area contributed by atoms with Gasteiger partial charge in [-0.25, -0.2) is 0 Å². The molecule has 0 amide bonds. The molecule has 5 heteroatoms. The molecule has 134 valence electrons. The van der Waals surface area contributed by atoms with Gasteiger partial charge in [0, 0.05) is 16.7 Å². The smallest absolute Gasteiger partial charge is 0.245 e. The minimum atomic E-state index is -0.403. The van der Waals surface area contributed by atoms with Crippen LogP contribution < -0.4 is 4.84 Å². The average molecular weight is 375 g/mol. The van der Waals surface area contributed by atoms with E-state index >= 15 is 0 Å². The van der Waals surface area contributed by atoms with Crippen molar-refractivity contribution in [1.29, 1.82) is 0 Å². The molecule has 0 saturated carbocycles. The summed E-state index contributed by atoms with van der Waals surface area (Å²) < 4.78 is 8.86. The van der Waals surface area contributed by atoms with Gasteiger partial charge in [-0.1, -0.05) is 53.7 Å². The summed E-state index contributed by atoms with van der Waals surface area (Å²) in [4.78, 5) is 17.2. The van der Waals surface area contributed by atoms with Gasteiger partial charge in [-0.05, 0) is 48.2 Å². The van der Waals surface area contributed by atoms with Crippen molar-refractivity contribution >= 4 is 22.9 Å². The molecular formula is C22H17NO3S. The Balaban J connectivity index is 1.71. The van der Waals surface area contributed by atoms with Crippen LogP contribution in [0.25, 0.3) is 0 Å². The molecule has 3 aromatic carbocycles. The van der Waals surface area contributed by atoms with E-state index in [4.69, 9.17) is 9.39 Å². The highest BCUT2D eigenvalue weighted by atomic mass is 32.2. The summed E-state index contributed by atoms with van der Waals surface area (Å²) in [5, 5.41) is 4.06. The molecule has 0 heterocycles. The largest absolute Gasteiger partial charge is 0.356 e. The van der Waals surface area contributed by atoms with Crippen molar-refractivity contribution in [2.75, 3.05) is 0 Å². The fourth-order valence-corrected chi connectivity index (χ4v) is 3.50. The number of carbonyl (C=O) groups is 1. The predicted molar refractivity (Wildman–Crippen MR) is 108 cm³/mol. The van der Waals surface area contributed by atoms with Gasteiger partial charge >= 0.3 is 0 Å². The number of rotatable bonds is 3. The van der Waals surface area contributed by atoms with Crippen LogP contribution in [0.5, 0.6) is 5.75 Å². The van der Waals surface area contributed by atoms with Gasteiger partial charge in [-0.3, -0.25) is 4.79 Å². The van der Waals surface area contributed by atoms with Crippen LogP contribution in [0, 0.1) is 0 Å². The maximum Gasteiger partial charge on any atom is 0.245 e. The molecule has 4 nitrogen and oxygen atoms in total. The van der Waals surface area contributed by atoms with E-state index in [9.17, 15) is 4.79 Å². The summed E-state index contributed by atoms with van der Waals surface area (Å²) in [6.07, 6.45) is 1.92. The fraction of sp³-hybridized carbons (Fsp3) is 0.0909. The molecule has 1 N–H and O–H groups in total. The SMILES string of the molecule is O=C(SO)c1ccc(ON=C2c3ccccc3CCc3ccccc32)cc1. The maximum absolute atomic E-state index is 11.5. The fourth-order valence-electron chi connectivity index (χ4n) is 3.25. The minimum Gasteiger partial charge on any atom is -0.356 e. The molecular weight excluding hydrogens is 358 g/mol. The monoisotopic (exact) mass is 375 g/mol. The van der Waals surface area contributed by atoms with Crippen molar-refractivity contribution in [2.45, 2.75) is 12.8 Å². The number of oxime groups is 1. The third-order valence-electron chi connectivity index (χ3n) is 4.62. The summed E-state index contributed by atoms with van der Waals surface area (Å²) in [6.45, 7) is 0. The van der Waals surface area contributed by atoms with Gasteiger partial charge in [0.25, 0.3) is 0 Å². The first-order valence-electron chi connectivity index (χ1n) is 8.63. The predicted octanol–water partition coefficient (Wildman–Crippen LogP) is 4.96. The van der Waals surface area contributed by atoms with Gasteiger partial charge in [-0.2, -0.15) is 0 Å². The van der Waals surface area contributed by atoms with Crippen molar-refractivity contribution in [3.05, 3.63) is 101 Å². The number of carbonyl (C=O) groups excluding carboxylic acids is 1. The zero-order valence-corrected chi connectivity index (χ0v) is 15.3. The first-order valence-corrected chi connectivity index (χ1v) is 9.41. The Hall–Kier alpha value is -2.89. The summed E-state index contributed by atoms with van der Waals surface area (Å²) >= 11 is 0.199. The van der Waals surface area contributed by atoms with Crippen molar-refractivity contribution in [3.8, 4) is 5.75 Å². The summed E-state index contributed by atoms with van der Waals surface area (Å²) in [7, 11) is 0. The van der Waals surface area contributed by atoms with Crippen molar-refractivity contribution in [3.63, 3.8) is 0 Å². The zero-order chi connectivity index (χ0) is 18.6. The van der Waals surface area contributed by atoms with Gasteiger partial charge in [-0.15, -0.1) is 0 Å². The lowest BCUT2D eigenvalue weighted by molar-refractivity contribution is 0.108. The molecule has 27 heavy (non-hydrogen) atoms. The van der Waals surface area contributed by atoms with Gasteiger partial charge in [0.15, 0.2) is 5.75 Å². The molecule has 1 aliphatic carbocycles. The number of fused-ring (bicyclic) bond motifs is 2. The van der Waals surface area contributed by atoms with Gasteiger partial charge < -0.3 is 9.39 Å². The molecule has 0 aliphatic heterocycles. The molecule has 0 saturated heterocycles. The first kappa shape index (κ1) is 17.5. The third kappa shape index (κ3) is 3.65. The Morgan fingerprint density at radius 3 is 1.96 bits per heavy atom. The van der Waals surface area contributed by atoms with E-state index in [0.29, 0.717) is 11.3 Å². The Morgan fingerprint density at radius 1 is 0.852 bits per heavy atom. The number of hydrogen-bond donors (Lipinski definition) is 1. The van der Waals surface area contributed by atoms with E-state index in [1.165, 1.54) is 11.1 Å². The molecule has 0 radical (unpaired) electrons. The van der Waals surface area contributed by atoms with Crippen LogP contribution in [0.1, 0.15) is 32.6 Å². The number of benzene rings is 3. The highest BCUT2D eigenvalue weighted by Crippen LogP contribution is 2.25. The van der Waals surface area contributed by atoms with E-state index in [0.717, 1.165) is 29.7 Å². The Bertz CT molecular complexity index is 963. The highest BCUT2D eigenvalue weighted by Gasteiger charge is 2.19. The van der Waals surface area contributed by atoms with Crippen LogP contribution in [0.2, 0.25) is 0 Å². The standard InChI is InChI=1S/C22H17NO3S/c24-22(27-25)17-11-13-18(14-12-17)26-23-21-19-7-3-1-5-15(19)9-10-16-6-2-4-8-20(16)21/h1-8,11-14,25H,9-10H2. The number of nitrogens with zero attached hydrogens (tertiary/aromatic N) is 1. The Kier molecular flexibility index (Phi) is 5.05. The quantitative estimate of drug-likeness (QED) is 0.519. The van der Waals surface area contributed by atoms with Crippen molar-refractivity contribution in [1.82, 2.24) is 0 Å². The lowest BCUT2D eigenvalue weighted by Gasteiger charge is -2.10. The molecule has 3 aromatic rings. The second kappa shape index (κ2) is 7.78. The van der Waals surface area contributed by atoms with E-state index in [-0.39, 0.29) is 12.0 Å². The van der Waals surface area contributed by atoms with E-state index in [1.807, 2.05) is 24.3 Å². The van der Waals surface area contributed by atoms with Gasteiger partial charge in [0.2, 0.25) is 5.12 Å². The molecule has 0 aromatic heterocycles. The van der Waals surface area contributed by atoms with Crippen LogP contribution in [0.15, 0.2) is 78.0 Å². The van der Waals surface area contributed by atoms with Crippen LogP contribution in [0.4, 0.5) is 0 Å². The lowest BCUT2D eigenvalue weighted by atomic mass is 9.98. The second-order valence-corrected chi connectivity index (χ2v) is 6.80. The van der Waals surface area contributed by atoms with Gasteiger partial charge in [0.1, 0.15) is 5.71 Å². The van der Waals surface area contributed by atoms with Crippen molar-refractivity contribution in [2.24, 2.45) is 5.16 Å². The van der Waals surface area contributed by atoms with Crippen molar-refractivity contribution < 1.29 is 14.2 Å². The van der Waals surface area contributed by atoms with Crippen LogP contribution in [0.3, 0.4) is 0 Å². The average Bonchev–Trinajstić information content (AvgIpc) is 2.89. The minimum absolute atomic E-state index is 0.199. The number of hydrogen-bond acceptors (Lipinski definition) is 5. The van der Waals surface area contributed by atoms with Crippen LogP contribution >= 0.6 is 12.0 Å². The zero-order valence-electron chi connectivity index (χ0n) is 14.5. The van der Waals surface area contributed by atoms with E-state index in [2.05, 4.69) is 29.4 Å². The molecule has 0 atom stereocenters. The summed E-state index contributed by atoms with van der Waals surface area (Å²) in [5.74, 6) is 0.529. The van der Waals surface area contributed by atoms with Crippen LogP contribution in [-0.4, -0.2) is 15.4 Å². The van der Waals surface area contributed by atoms with Crippen LogP contribution in [-0.2, 0) is 12.8 Å². The highest BCUT2D eigenvalue weighted by molar-refractivity contribution is 8.09. The normalized spacial score (nSPS) is 12.6. The molecule has 0 bridgehead atoms. The molecule has 4 rings (SSSR count).